The highest BCUT2D eigenvalue weighted by Crippen LogP contribution is 2.38. The molecular weight excluding hydrogens is 546 g/mol. The molecule has 0 spiro atoms. The van der Waals surface area contributed by atoms with Gasteiger partial charge in [0.25, 0.3) is 10.0 Å². The second-order valence-corrected chi connectivity index (χ2v) is 11.1. The number of unbranched alkanes of at least 4 members (excludes halogenated alkanes) is 1. The Bertz CT molecular complexity index is 1420. The van der Waals surface area contributed by atoms with Crippen molar-refractivity contribution in [1.29, 1.82) is 0 Å². The van der Waals surface area contributed by atoms with E-state index in [1.807, 2.05) is 0 Å². The van der Waals surface area contributed by atoms with Crippen LogP contribution in [0, 0.1) is 11.6 Å². The van der Waals surface area contributed by atoms with Gasteiger partial charge in [-0.25, -0.2) is 17.2 Å². The maximum Gasteiger partial charge on any atom is 0.264 e. The molecule has 0 saturated carbocycles. The van der Waals surface area contributed by atoms with E-state index in [-0.39, 0.29) is 10.8 Å². The number of nitrogens with zero attached hydrogens (tertiary/aromatic N) is 2. The predicted octanol–water partition coefficient (Wildman–Crippen LogP) is 6.77. The van der Waals surface area contributed by atoms with E-state index < -0.39 is 33.4 Å². The molecule has 0 aliphatic rings. The van der Waals surface area contributed by atoms with E-state index in [2.05, 4.69) is 0 Å². The molecule has 0 N–H and O–H groups in total. The van der Waals surface area contributed by atoms with Crippen molar-refractivity contribution < 1.29 is 26.7 Å². The van der Waals surface area contributed by atoms with E-state index in [9.17, 15) is 17.6 Å². The van der Waals surface area contributed by atoms with Gasteiger partial charge in [0.1, 0.15) is 17.4 Å². The van der Waals surface area contributed by atoms with Crippen LogP contribution in [0.3, 0.4) is 0 Å². The molecule has 208 valence electrons. The molecule has 0 heterocycles. The molecule has 1 atom stereocenters. The Morgan fingerprint density at radius 1 is 1.05 bits per heavy atom. The summed E-state index contributed by atoms with van der Waals surface area (Å²) in [4.78, 5) is 13.4. The first kappa shape index (κ1) is 30.1. The Hall–Kier alpha value is -3.43. The van der Waals surface area contributed by atoms with Gasteiger partial charge in [-0.3, -0.25) is 9.10 Å². The Balaban J connectivity index is 1.89. The summed E-state index contributed by atoms with van der Waals surface area (Å²) in [6.07, 6.45) is 4.52. The number of carbonyl (C=O) groups excluding carboxylic acids is 1. The maximum absolute atomic E-state index is 15.0. The summed E-state index contributed by atoms with van der Waals surface area (Å²) in [5.41, 5.74) is 0.0418. The molecule has 1 amide bonds. The van der Waals surface area contributed by atoms with Gasteiger partial charge in [-0.05, 0) is 75.2 Å². The fourth-order valence-corrected chi connectivity index (χ4v) is 5.78. The summed E-state index contributed by atoms with van der Waals surface area (Å²) in [5, 5.41) is 0.335. The van der Waals surface area contributed by atoms with Gasteiger partial charge in [0.05, 0.1) is 23.2 Å². The third kappa shape index (κ3) is 7.58. The van der Waals surface area contributed by atoms with Crippen molar-refractivity contribution >= 4 is 33.2 Å². The highest BCUT2D eigenvalue weighted by Gasteiger charge is 2.34. The van der Waals surface area contributed by atoms with Crippen molar-refractivity contribution in [3.05, 3.63) is 101 Å². The van der Waals surface area contributed by atoms with Crippen LogP contribution in [0.4, 0.5) is 14.5 Å². The molecule has 0 bridgehead atoms. The SMILES string of the molecule is CC=CC(=O)N(C)CCCCOc1ccccc1C(C)N(c1cc(F)ccc1F)S(=O)(=O)c1ccc(Cl)cc1. The Labute approximate surface area is 233 Å². The van der Waals surface area contributed by atoms with Crippen LogP contribution in [0.1, 0.15) is 38.3 Å². The van der Waals surface area contributed by atoms with Crippen molar-refractivity contribution in [3.63, 3.8) is 0 Å². The number of carbonyl (C=O) groups is 1. The molecule has 1 unspecified atom stereocenters. The standard InChI is InChI=1S/C29H31ClF2N2O4S/c1-4-9-29(35)33(3)18-7-8-19-38-28-11-6-5-10-25(28)21(2)34(27-20-23(31)14-17-26(27)32)39(36,37)24-15-12-22(30)13-16-24/h4-6,9-17,20-21H,7-8,18-19H2,1-3H3. The number of hydrogen-bond acceptors (Lipinski definition) is 4. The second kappa shape index (κ2) is 13.6. The molecule has 3 rings (SSSR count). The highest BCUT2D eigenvalue weighted by atomic mass is 35.5. The van der Waals surface area contributed by atoms with Crippen molar-refractivity contribution in [3.8, 4) is 5.75 Å². The average Bonchev–Trinajstić information content (AvgIpc) is 2.91. The number of likely N-dealkylation sites (N-methyl/N-ethyl adjacent to an activating group) is 1. The first-order valence-electron chi connectivity index (χ1n) is 12.4. The van der Waals surface area contributed by atoms with Crippen LogP contribution < -0.4 is 9.04 Å². The Morgan fingerprint density at radius 3 is 2.44 bits per heavy atom. The van der Waals surface area contributed by atoms with Gasteiger partial charge in [0.2, 0.25) is 5.91 Å². The predicted molar refractivity (Wildman–Crippen MR) is 150 cm³/mol. The Morgan fingerprint density at radius 2 is 1.74 bits per heavy atom. The number of para-hydroxylation sites is 1. The summed E-state index contributed by atoms with van der Waals surface area (Å²) >= 11 is 5.94. The minimum atomic E-state index is -4.36. The molecule has 0 aromatic heterocycles. The molecule has 0 radical (unpaired) electrons. The zero-order chi connectivity index (χ0) is 28.6. The molecule has 3 aromatic carbocycles. The first-order chi connectivity index (χ1) is 18.6. The number of hydrogen-bond donors (Lipinski definition) is 0. The largest absolute Gasteiger partial charge is 0.493 e. The third-order valence-electron chi connectivity index (χ3n) is 6.07. The van der Waals surface area contributed by atoms with Gasteiger partial charge in [-0.1, -0.05) is 35.9 Å². The van der Waals surface area contributed by atoms with Crippen LogP contribution in [-0.4, -0.2) is 39.4 Å². The van der Waals surface area contributed by atoms with Crippen molar-refractivity contribution in [2.24, 2.45) is 0 Å². The van der Waals surface area contributed by atoms with Gasteiger partial charge >= 0.3 is 0 Å². The Kier molecular flexibility index (Phi) is 10.5. The monoisotopic (exact) mass is 576 g/mol. The normalized spacial score (nSPS) is 12.4. The number of rotatable bonds is 12. The number of halogens is 3. The number of benzene rings is 3. The van der Waals surface area contributed by atoms with Gasteiger partial charge in [-0.15, -0.1) is 0 Å². The zero-order valence-electron chi connectivity index (χ0n) is 22.0. The summed E-state index contributed by atoms with van der Waals surface area (Å²) < 4.78 is 63.7. The number of sulfonamides is 1. The van der Waals surface area contributed by atoms with Crippen LogP contribution in [0.2, 0.25) is 5.02 Å². The number of anilines is 1. The molecule has 3 aromatic rings. The first-order valence-corrected chi connectivity index (χ1v) is 14.2. The summed E-state index contributed by atoms with van der Waals surface area (Å²) in [6.45, 7) is 4.23. The average molecular weight is 577 g/mol. The molecule has 10 heteroatoms. The molecular formula is C29H31ClF2N2O4S. The molecule has 39 heavy (non-hydrogen) atoms. The fraction of sp³-hybridized carbons (Fsp3) is 0.276. The molecule has 0 aliphatic heterocycles. The lowest BCUT2D eigenvalue weighted by atomic mass is 10.1. The summed E-state index contributed by atoms with van der Waals surface area (Å²) in [5.74, 6) is -1.34. The van der Waals surface area contributed by atoms with Crippen molar-refractivity contribution in [1.82, 2.24) is 4.90 Å². The van der Waals surface area contributed by atoms with Gasteiger partial charge < -0.3 is 9.64 Å². The fourth-order valence-electron chi connectivity index (χ4n) is 4.02. The lowest BCUT2D eigenvalue weighted by Crippen LogP contribution is -2.34. The number of ether oxygens (including phenoxy) is 1. The van der Waals surface area contributed by atoms with E-state index >= 15 is 4.39 Å². The third-order valence-corrected chi connectivity index (χ3v) is 8.22. The molecule has 0 aliphatic carbocycles. The summed E-state index contributed by atoms with van der Waals surface area (Å²) in [7, 11) is -2.63. The van der Waals surface area contributed by atoms with Crippen molar-refractivity contribution in [2.45, 2.75) is 37.6 Å². The topological polar surface area (TPSA) is 66.9 Å². The van der Waals surface area contributed by atoms with E-state index in [0.29, 0.717) is 42.3 Å². The van der Waals surface area contributed by atoms with Gasteiger partial charge in [0, 0.05) is 30.2 Å². The van der Waals surface area contributed by atoms with Gasteiger partial charge in [0.15, 0.2) is 0 Å². The lowest BCUT2D eigenvalue weighted by molar-refractivity contribution is -0.124. The molecule has 0 saturated heterocycles. The number of amides is 1. The van der Waals surface area contributed by atoms with Crippen LogP contribution in [0.25, 0.3) is 0 Å². The molecule has 6 nitrogen and oxygen atoms in total. The van der Waals surface area contributed by atoms with Crippen LogP contribution in [-0.2, 0) is 14.8 Å². The van der Waals surface area contributed by atoms with E-state index in [4.69, 9.17) is 16.3 Å². The minimum absolute atomic E-state index is 0.0795. The zero-order valence-corrected chi connectivity index (χ0v) is 23.6. The van der Waals surface area contributed by atoms with Gasteiger partial charge in [-0.2, -0.15) is 0 Å². The van der Waals surface area contributed by atoms with Crippen molar-refractivity contribution in [2.75, 3.05) is 24.5 Å². The lowest BCUT2D eigenvalue weighted by Gasteiger charge is -2.32. The second-order valence-electron chi connectivity index (χ2n) is 8.88. The maximum atomic E-state index is 15.0. The van der Waals surface area contributed by atoms with Crippen LogP contribution in [0.5, 0.6) is 5.75 Å². The van der Waals surface area contributed by atoms with E-state index in [0.717, 1.165) is 22.5 Å². The summed E-state index contributed by atoms with van der Waals surface area (Å²) in [6, 6.07) is 14.0. The highest BCUT2D eigenvalue weighted by molar-refractivity contribution is 7.92. The van der Waals surface area contributed by atoms with Crippen LogP contribution in [0.15, 0.2) is 83.8 Å². The van der Waals surface area contributed by atoms with Crippen LogP contribution >= 0.6 is 11.6 Å². The van der Waals surface area contributed by atoms with E-state index in [1.54, 1.807) is 56.1 Å². The quantitative estimate of drug-likeness (QED) is 0.176. The minimum Gasteiger partial charge on any atom is -0.493 e. The van der Waals surface area contributed by atoms with E-state index in [1.165, 1.54) is 30.3 Å². The number of allylic oxidation sites excluding steroid dienone is 1. The smallest absolute Gasteiger partial charge is 0.264 e. The molecule has 0 fully saturated rings.